The maximum Gasteiger partial charge on any atom is 0.305 e. The van der Waals surface area contributed by atoms with Gasteiger partial charge < -0.3 is 69.4 Å². The summed E-state index contributed by atoms with van der Waals surface area (Å²) in [5.74, 6) is -11.3. The van der Waals surface area contributed by atoms with E-state index in [4.69, 9.17) is 17.2 Å². The number of amides is 9. The van der Waals surface area contributed by atoms with Crippen molar-refractivity contribution in [1.82, 2.24) is 37.2 Å². The third-order valence-corrected chi connectivity index (χ3v) is 7.96. The molecule has 26 nitrogen and oxygen atoms in total. The van der Waals surface area contributed by atoms with Crippen LogP contribution in [0.1, 0.15) is 45.1 Å². The van der Waals surface area contributed by atoms with E-state index < -0.39 is 145 Å². The Hall–Kier alpha value is -7.09. The lowest BCUT2D eigenvalue weighted by atomic mass is 10.0. The molecule has 0 aromatic heterocycles. The summed E-state index contributed by atoms with van der Waals surface area (Å²) in [6.45, 7) is 1.14. The molecule has 1 rings (SSSR count). The SMILES string of the molecule is C[C@H](NC(=O)[C@H](CC(N)=O)NC(=O)[C@H](CCC(N)=O)NC(=O)[C@H](CC(=O)O)NC(=O)CN)C(=O)N[C@H](C(=O)N[C@@H](Cc1ccc([N+](=O)[O-])cc1)C(=O)NCC=O)[C@@H](C)O. The highest BCUT2D eigenvalue weighted by atomic mass is 16.6. The predicted octanol–water partition coefficient (Wildman–Crippen LogP) is -6.66. The summed E-state index contributed by atoms with van der Waals surface area (Å²) in [7, 11) is 0. The van der Waals surface area contributed by atoms with E-state index in [0.29, 0.717) is 11.8 Å². The van der Waals surface area contributed by atoms with Crippen LogP contribution in [0.3, 0.4) is 0 Å². The molecule has 324 valence electrons. The minimum atomic E-state index is -1.85. The summed E-state index contributed by atoms with van der Waals surface area (Å²) >= 11 is 0. The normalized spacial score (nSPS) is 14.2. The summed E-state index contributed by atoms with van der Waals surface area (Å²) in [6, 6.07) is -5.17. The first-order valence-electron chi connectivity index (χ1n) is 17.5. The van der Waals surface area contributed by atoms with Crippen LogP contribution in [0.2, 0.25) is 0 Å². The number of primary amides is 2. The summed E-state index contributed by atoms with van der Waals surface area (Å²) in [5, 5.41) is 45.9. The first-order valence-corrected chi connectivity index (χ1v) is 17.5. The maximum absolute atomic E-state index is 13.3. The van der Waals surface area contributed by atoms with E-state index in [1.807, 2.05) is 0 Å². The molecule has 1 aromatic rings. The van der Waals surface area contributed by atoms with Gasteiger partial charge in [0.15, 0.2) is 0 Å². The average molecular weight is 838 g/mol. The van der Waals surface area contributed by atoms with E-state index >= 15 is 0 Å². The number of aliphatic hydroxyl groups excluding tert-OH is 1. The van der Waals surface area contributed by atoms with Gasteiger partial charge in [0.1, 0.15) is 42.5 Å². The summed E-state index contributed by atoms with van der Waals surface area (Å²) in [4.78, 5) is 146. The Balaban J connectivity index is 3.20. The van der Waals surface area contributed by atoms with Gasteiger partial charge in [-0.1, -0.05) is 12.1 Å². The Kier molecular flexibility index (Phi) is 20.8. The van der Waals surface area contributed by atoms with Crippen LogP contribution in [-0.2, 0) is 59.2 Å². The number of carboxylic acid groups (broad SMARTS) is 1. The van der Waals surface area contributed by atoms with Crippen molar-refractivity contribution in [3.63, 3.8) is 0 Å². The number of carbonyl (C=O) groups is 11. The molecule has 0 heterocycles. The van der Waals surface area contributed by atoms with E-state index in [9.17, 15) is 73.1 Å². The van der Waals surface area contributed by atoms with E-state index in [1.54, 1.807) is 0 Å². The molecule has 1 aromatic carbocycles. The van der Waals surface area contributed by atoms with Crippen LogP contribution in [-0.4, -0.2) is 136 Å². The van der Waals surface area contributed by atoms with Crippen molar-refractivity contribution >= 4 is 71.1 Å². The fraction of sp³-hybridized carbons (Fsp3) is 0.485. The van der Waals surface area contributed by atoms with Crippen molar-refractivity contribution < 1.29 is 67.9 Å². The van der Waals surface area contributed by atoms with Gasteiger partial charge in [0.05, 0.1) is 37.0 Å². The molecule has 0 saturated heterocycles. The van der Waals surface area contributed by atoms with Gasteiger partial charge in [-0.15, -0.1) is 0 Å². The first kappa shape index (κ1) is 49.9. The number of nitrogens with zero attached hydrogens (tertiary/aromatic N) is 1. The van der Waals surface area contributed by atoms with Crippen LogP contribution in [0.15, 0.2) is 24.3 Å². The third-order valence-electron chi connectivity index (χ3n) is 7.96. The van der Waals surface area contributed by atoms with Gasteiger partial charge in [0, 0.05) is 25.0 Å². The summed E-state index contributed by atoms with van der Waals surface area (Å²) in [6.07, 6.45) is -4.41. The molecule has 7 atom stereocenters. The molecule has 26 heteroatoms. The molecule has 59 heavy (non-hydrogen) atoms. The van der Waals surface area contributed by atoms with Crippen LogP contribution < -0.4 is 54.4 Å². The van der Waals surface area contributed by atoms with Crippen molar-refractivity contribution in [3.05, 3.63) is 39.9 Å². The number of benzene rings is 1. The maximum atomic E-state index is 13.3. The highest BCUT2D eigenvalue weighted by Gasteiger charge is 2.34. The molecule has 0 spiro atoms. The van der Waals surface area contributed by atoms with E-state index in [2.05, 4.69) is 37.2 Å². The highest BCUT2D eigenvalue weighted by molar-refractivity contribution is 5.99. The standard InChI is InChI=1S/C33H47N11O15/c1-15(28(52)43-27(16(2)46)33(57)42-20(29(53)37-9-10-45)11-17-3-5-18(6-4-17)44(58)59)38-31(55)21(12-24(36)48)41-30(54)19(7-8-23(35)47)40-32(56)22(13-26(50)51)39-25(49)14-34/h3-6,10,15-16,19-22,27,46H,7-9,11-14,34H2,1-2H3,(H2,35,47)(H2,36,48)(H,37,53)(H,38,55)(H,39,49)(H,40,56)(H,41,54)(H,42,57)(H,43,52)(H,50,51)/t15-,16+,19-,20-,21-,22-,27-/m0/s1. The number of aldehydes is 1. The molecule has 15 N–H and O–H groups in total. The number of nitro groups is 1. The quantitative estimate of drug-likeness (QED) is 0.0234. The van der Waals surface area contributed by atoms with Crippen LogP contribution >= 0.6 is 0 Å². The fourth-order valence-corrected chi connectivity index (χ4v) is 4.94. The molecule has 0 aliphatic heterocycles. The molecule has 9 amide bonds. The van der Waals surface area contributed by atoms with Gasteiger partial charge in [0.25, 0.3) is 5.69 Å². The van der Waals surface area contributed by atoms with Crippen LogP contribution in [0.5, 0.6) is 0 Å². The van der Waals surface area contributed by atoms with Crippen LogP contribution in [0.4, 0.5) is 5.69 Å². The minimum Gasteiger partial charge on any atom is -0.481 e. The molecule has 0 aliphatic rings. The van der Waals surface area contributed by atoms with Crippen molar-refractivity contribution in [3.8, 4) is 0 Å². The largest absolute Gasteiger partial charge is 0.481 e. The fourth-order valence-electron chi connectivity index (χ4n) is 4.94. The zero-order chi connectivity index (χ0) is 45.0. The lowest BCUT2D eigenvalue weighted by molar-refractivity contribution is -0.384. The van der Waals surface area contributed by atoms with E-state index in [1.165, 1.54) is 12.1 Å². The number of non-ortho nitro benzene ring substituents is 1. The third kappa shape index (κ3) is 18.2. The number of hydrogen-bond donors (Lipinski definition) is 12. The van der Waals surface area contributed by atoms with Gasteiger partial charge in [0.2, 0.25) is 53.2 Å². The Morgan fingerprint density at radius 1 is 0.729 bits per heavy atom. The number of hydrogen-bond acceptors (Lipinski definition) is 15. The second-order valence-corrected chi connectivity index (χ2v) is 12.8. The molecular weight excluding hydrogens is 790 g/mol. The minimum absolute atomic E-state index is 0.255. The lowest BCUT2D eigenvalue weighted by Crippen LogP contribution is -2.61. The van der Waals surface area contributed by atoms with Crippen molar-refractivity contribution in [2.45, 2.75) is 88.3 Å². The van der Waals surface area contributed by atoms with Crippen LogP contribution in [0.25, 0.3) is 0 Å². The lowest BCUT2D eigenvalue weighted by Gasteiger charge is -2.27. The summed E-state index contributed by atoms with van der Waals surface area (Å²) in [5.41, 5.74) is 15.7. The van der Waals surface area contributed by atoms with Gasteiger partial charge >= 0.3 is 5.97 Å². The number of rotatable bonds is 26. The molecular formula is C33H47N11O15. The Bertz CT molecular complexity index is 1760. The Morgan fingerprint density at radius 3 is 1.78 bits per heavy atom. The number of carbonyl (C=O) groups excluding carboxylic acids is 10. The molecule has 0 aliphatic carbocycles. The number of carboxylic acids is 1. The molecule has 0 radical (unpaired) electrons. The zero-order valence-corrected chi connectivity index (χ0v) is 31.8. The number of nitrogens with two attached hydrogens (primary N) is 3. The van der Waals surface area contributed by atoms with Crippen molar-refractivity contribution in [2.24, 2.45) is 17.2 Å². The monoisotopic (exact) mass is 837 g/mol. The zero-order valence-electron chi connectivity index (χ0n) is 31.8. The van der Waals surface area contributed by atoms with Gasteiger partial charge in [-0.3, -0.25) is 58.1 Å². The van der Waals surface area contributed by atoms with E-state index in [0.717, 1.165) is 26.0 Å². The van der Waals surface area contributed by atoms with Crippen molar-refractivity contribution in [2.75, 3.05) is 13.1 Å². The molecule has 0 saturated carbocycles. The average Bonchev–Trinajstić information content (AvgIpc) is 3.15. The Labute approximate surface area is 334 Å². The number of nitro benzene ring substituents is 1. The van der Waals surface area contributed by atoms with Crippen LogP contribution in [0, 0.1) is 10.1 Å². The number of aliphatic hydroxyl groups is 1. The van der Waals surface area contributed by atoms with Crippen molar-refractivity contribution in [1.29, 1.82) is 0 Å². The number of nitrogens with one attached hydrogen (secondary N) is 7. The highest BCUT2D eigenvalue weighted by Crippen LogP contribution is 2.14. The predicted molar refractivity (Wildman–Crippen MR) is 198 cm³/mol. The van der Waals surface area contributed by atoms with Gasteiger partial charge in [-0.05, 0) is 25.8 Å². The topological polar surface area (TPSA) is 434 Å². The molecule has 0 unspecified atom stereocenters. The summed E-state index contributed by atoms with van der Waals surface area (Å²) < 4.78 is 0. The van der Waals surface area contributed by atoms with Gasteiger partial charge in [-0.25, -0.2) is 0 Å². The second kappa shape index (κ2) is 24.5. The second-order valence-electron chi connectivity index (χ2n) is 12.8. The smallest absolute Gasteiger partial charge is 0.305 e. The molecule has 0 fully saturated rings. The van der Waals surface area contributed by atoms with Gasteiger partial charge in [-0.2, -0.15) is 0 Å². The molecule has 0 bridgehead atoms. The Morgan fingerprint density at radius 2 is 1.27 bits per heavy atom. The van der Waals surface area contributed by atoms with E-state index in [-0.39, 0.29) is 12.1 Å². The first-order chi connectivity index (χ1) is 27.6. The number of aliphatic carboxylic acids is 1.